The van der Waals surface area contributed by atoms with Gasteiger partial charge in [-0.1, -0.05) is 12.1 Å². The molecule has 2 aromatic rings. The summed E-state index contributed by atoms with van der Waals surface area (Å²) in [6.45, 7) is 0.0734. The van der Waals surface area contributed by atoms with Gasteiger partial charge >= 0.3 is 0 Å². The number of amides is 1. The molecular formula is C15H14FNO3. The van der Waals surface area contributed by atoms with Crippen LogP contribution in [0.25, 0.3) is 0 Å². The van der Waals surface area contributed by atoms with Crippen LogP contribution in [0.5, 0.6) is 11.5 Å². The molecule has 0 heterocycles. The molecule has 0 fully saturated rings. The molecule has 0 saturated heterocycles. The number of aliphatic hydroxyl groups is 1. The van der Waals surface area contributed by atoms with Crippen LogP contribution in [0.3, 0.4) is 0 Å². The Morgan fingerprint density at radius 3 is 2.50 bits per heavy atom. The molecule has 1 amide bonds. The van der Waals surface area contributed by atoms with Crippen molar-refractivity contribution in [2.45, 2.75) is 6.42 Å². The van der Waals surface area contributed by atoms with Gasteiger partial charge in [-0.25, -0.2) is 4.39 Å². The van der Waals surface area contributed by atoms with Gasteiger partial charge in [0.2, 0.25) is 0 Å². The Bertz CT molecular complexity index is 611. The van der Waals surface area contributed by atoms with Crippen LogP contribution >= 0.6 is 0 Å². The van der Waals surface area contributed by atoms with E-state index in [0.29, 0.717) is 12.2 Å². The zero-order valence-electron chi connectivity index (χ0n) is 10.7. The molecule has 104 valence electrons. The topological polar surface area (TPSA) is 72.6 Å². The maximum atomic E-state index is 13.1. The third kappa shape index (κ3) is 3.33. The summed E-state index contributed by atoms with van der Waals surface area (Å²) in [6.07, 6.45) is 0.559. The van der Waals surface area contributed by atoms with Gasteiger partial charge in [-0.3, -0.25) is 4.79 Å². The molecule has 2 aromatic carbocycles. The lowest BCUT2D eigenvalue weighted by molar-refractivity contribution is 0.0997. The Labute approximate surface area is 115 Å². The summed E-state index contributed by atoms with van der Waals surface area (Å²) in [5.74, 6) is -0.601. The first-order chi connectivity index (χ1) is 9.60. The lowest BCUT2D eigenvalue weighted by atomic mass is 10.1. The summed E-state index contributed by atoms with van der Waals surface area (Å²) >= 11 is 0. The highest BCUT2D eigenvalue weighted by Crippen LogP contribution is 2.26. The lowest BCUT2D eigenvalue weighted by Gasteiger charge is -2.09. The fourth-order valence-corrected chi connectivity index (χ4v) is 1.76. The van der Waals surface area contributed by atoms with Gasteiger partial charge < -0.3 is 15.6 Å². The molecule has 0 bridgehead atoms. The number of nitrogens with two attached hydrogens (primary N) is 1. The van der Waals surface area contributed by atoms with Crippen LogP contribution in [-0.4, -0.2) is 17.6 Å². The van der Waals surface area contributed by atoms with Crippen molar-refractivity contribution in [1.29, 1.82) is 0 Å². The van der Waals surface area contributed by atoms with E-state index in [1.807, 2.05) is 0 Å². The monoisotopic (exact) mass is 275 g/mol. The van der Waals surface area contributed by atoms with Gasteiger partial charge in [-0.05, 0) is 42.3 Å². The average molecular weight is 275 g/mol. The summed E-state index contributed by atoms with van der Waals surface area (Å²) in [5, 5.41) is 8.83. The van der Waals surface area contributed by atoms with Crippen LogP contribution < -0.4 is 10.5 Å². The summed E-state index contributed by atoms with van der Waals surface area (Å²) in [7, 11) is 0. The molecule has 2 rings (SSSR count). The molecule has 0 radical (unpaired) electrons. The van der Waals surface area contributed by atoms with Crippen LogP contribution in [-0.2, 0) is 6.42 Å². The van der Waals surface area contributed by atoms with Crippen LogP contribution in [0, 0.1) is 5.82 Å². The molecule has 0 saturated carbocycles. The molecule has 0 aromatic heterocycles. The largest absolute Gasteiger partial charge is 0.457 e. The molecular weight excluding hydrogens is 261 g/mol. The van der Waals surface area contributed by atoms with Gasteiger partial charge in [0.05, 0.1) is 5.56 Å². The van der Waals surface area contributed by atoms with E-state index >= 15 is 0 Å². The van der Waals surface area contributed by atoms with Crippen LogP contribution in [0.2, 0.25) is 0 Å². The second-order valence-electron chi connectivity index (χ2n) is 4.22. The fourth-order valence-electron chi connectivity index (χ4n) is 1.76. The molecule has 20 heavy (non-hydrogen) atoms. The van der Waals surface area contributed by atoms with E-state index in [0.717, 1.165) is 11.6 Å². The number of benzene rings is 2. The molecule has 3 N–H and O–H groups in total. The number of ether oxygens (including phenoxy) is 1. The van der Waals surface area contributed by atoms with Crippen molar-refractivity contribution in [3.8, 4) is 11.5 Å². The maximum absolute atomic E-state index is 13.1. The van der Waals surface area contributed by atoms with E-state index in [-0.39, 0.29) is 17.9 Å². The molecule has 0 spiro atoms. The second kappa shape index (κ2) is 6.16. The highest BCUT2D eigenvalue weighted by Gasteiger charge is 2.11. The van der Waals surface area contributed by atoms with Gasteiger partial charge in [0.25, 0.3) is 5.91 Å². The first-order valence-corrected chi connectivity index (χ1v) is 6.07. The molecule has 0 aliphatic carbocycles. The predicted octanol–water partition coefficient (Wildman–Crippen LogP) is 2.25. The standard InChI is InChI=1S/C15H14FNO3/c16-11-3-6-14(13(9-11)15(17)19)20-12-4-1-10(2-5-12)7-8-18/h1-6,9,18H,7-8H2,(H2,17,19). The summed E-state index contributed by atoms with van der Waals surface area (Å²) in [4.78, 5) is 11.3. The minimum atomic E-state index is -0.753. The van der Waals surface area contributed by atoms with Crippen LogP contribution in [0.15, 0.2) is 42.5 Å². The number of hydrogen-bond acceptors (Lipinski definition) is 3. The number of hydrogen-bond donors (Lipinski definition) is 2. The molecule has 4 nitrogen and oxygen atoms in total. The number of carbonyl (C=O) groups is 1. The first-order valence-electron chi connectivity index (χ1n) is 6.07. The van der Waals surface area contributed by atoms with E-state index in [2.05, 4.69) is 0 Å². The molecule has 0 unspecified atom stereocenters. The van der Waals surface area contributed by atoms with Gasteiger partial charge in [0.15, 0.2) is 0 Å². The van der Waals surface area contributed by atoms with Gasteiger partial charge in [0, 0.05) is 6.61 Å². The van der Waals surface area contributed by atoms with Gasteiger partial charge in [-0.15, -0.1) is 0 Å². The van der Waals surface area contributed by atoms with Crippen LogP contribution in [0.1, 0.15) is 15.9 Å². The minimum absolute atomic E-state index is 0.00978. The van der Waals surface area contributed by atoms with Crippen molar-refractivity contribution in [1.82, 2.24) is 0 Å². The minimum Gasteiger partial charge on any atom is -0.457 e. The fraction of sp³-hybridized carbons (Fsp3) is 0.133. The quantitative estimate of drug-likeness (QED) is 0.879. The normalized spacial score (nSPS) is 10.3. The zero-order valence-corrected chi connectivity index (χ0v) is 10.7. The molecule has 5 heteroatoms. The maximum Gasteiger partial charge on any atom is 0.252 e. The van der Waals surface area contributed by atoms with E-state index in [9.17, 15) is 9.18 Å². The van der Waals surface area contributed by atoms with Gasteiger partial charge in [-0.2, -0.15) is 0 Å². The summed E-state index contributed by atoms with van der Waals surface area (Å²) < 4.78 is 18.6. The second-order valence-corrected chi connectivity index (χ2v) is 4.22. The Balaban J connectivity index is 2.23. The Hall–Kier alpha value is -2.40. The average Bonchev–Trinajstić information content (AvgIpc) is 2.43. The third-order valence-electron chi connectivity index (χ3n) is 2.76. The lowest BCUT2D eigenvalue weighted by Crippen LogP contribution is -2.12. The first kappa shape index (κ1) is 14.0. The predicted molar refractivity (Wildman–Crippen MR) is 72.2 cm³/mol. The summed E-state index contributed by atoms with van der Waals surface area (Å²) in [5.41, 5.74) is 6.14. The SMILES string of the molecule is NC(=O)c1cc(F)ccc1Oc1ccc(CCO)cc1. The molecule has 0 atom stereocenters. The van der Waals surface area contributed by atoms with Crippen molar-refractivity contribution in [2.75, 3.05) is 6.61 Å². The van der Waals surface area contributed by atoms with E-state index in [4.69, 9.17) is 15.6 Å². The van der Waals surface area contributed by atoms with E-state index < -0.39 is 11.7 Å². The van der Waals surface area contributed by atoms with E-state index in [1.165, 1.54) is 12.1 Å². The smallest absolute Gasteiger partial charge is 0.252 e. The number of carbonyl (C=O) groups excluding carboxylic acids is 1. The Morgan fingerprint density at radius 1 is 1.20 bits per heavy atom. The van der Waals surface area contributed by atoms with Crippen molar-refractivity contribution in [3.63, 3.8) is 0 Å². The van der Waals surface area contributed by atoms with Gasteiger partial charge in [0.1, 0.15) is 17.3 Å². The number of primary amides is 1. The zero-order chi connectivity index (χ0) is 14.5. The third-order valence-corrected chi connectivity index (χ3v) is 2.76. The van der Waals surface area contributed by atoms with Crippen molar-refractivity contribution < 1.29 is 19.0 Å². The summed E-state index contributed by atoms with van der Waals surface area (Å²) in [6, 6.07) is 10.6. The number of rotatable bonds is 5. The number of aliphatic hydroxyl groups excluding tert-OH is 1. The molecule has 0 aliphatic rings. The van der Waals surface area contributed by atoms with Crippen molar-refractivity contribution in [3.05, 3.63) is 59.4 Å². The number of halogens is 1. The Kier molecular flexibility index (Phi) is 4.32. The molecule has 0 aliphatic heterocycles. The highest BCUT2D eigenvalue weighted by atomic mass is 19.1. The Morgan fingerprint density at radius 2 is 1.90 bits per heavy atom. The highest BCUT2D eigenvalue weighted by molar-refractivity contribution is 5.95. The van der Waals surface area contributed by atoms with Crippen molar-refractivity contribution >= 4 is 5.91 Å². The van der Waals surface area contributed by atoms with Crippen LogP contribution in [0.4, 0.5) is 4.39 Å². The van der Waals surface area contributed by atoms with E-state index in [1.54, 1.807) is 24.3 Å². The van der Waals surface area contributed by atoms with Crippen molar-refractivity contribution in [2.24, 2.45) is 5.73 Å².